The number of esters is 1. The Balaban J connectivity index is 1.68. The van der Waals surface area contributed by atoms with Gasteiger partial charge in [-0.15, -0.1) is 11.3 Å². The maximum absolute atomic E-state index is 12.3. The zero-order chi connectivity index (χ0) is 18.0. The summed E-state index contributed by atoms with van der Waals surface area (Å²) in [6, 6.07) is 1.81. The molecule has 0 saturated carbocycles. The average molecular weight is 359 g/mol. The number of thiophene rings is 1. The highest BCUT2D eigenvalue weighted by Crippen LogP contribution is 2.23. The number of aromatic nitrogens is 4. The van der Waals surface area contributed by atoms with Crippen LogP contribution in [0, 0.1) is 6.92 Å². The van der Waals surface area contributed by atoms with Gasteiger partial charge >= 0.3 is 5.97 Å². The molecule has 0 aromatic carbocycles. The monoisotopic (exact) mass is 359 g/mol. The first-order chi connectivity index (χ1) is 12.0. The quantitative estimate of drug-likeness (QED) is 0.677. The van der Waals surface area contributed by atoms with Crippen LogP contribution >= 0.6 is 11.3 Å². The molecule has 0 fully saturated rings. The van der Waals surface area contributed by atoms with Crippen molar-refractivity contribution >= 4 is 40.2 Å². The van der Waals surface area contributed by atoms with Crippen LogP contribution in [0.4, 0.5) is 5.82 Å². The first-order valence-electron chi connectivity index (χ1n) is 7.74. The van der Waals surface area contributed by atoms with E-state index in [1.54, 1.807) is 0 Å². The number of aromatic amines is 1. The van der Waals surface area contributed by atoms with Crippen LogP contribution in [-0.2, 0) is 16.0 Å². The molecular weight excluding hydrogens is 342 g/mol. The van der Waals surface area contributed by atoms with E-state index in [4.69, 9.17) is 4.74 Å². The molecule has 3 aromatic rings. The molecule has 3 heterocycles. The van der Waals surface area contributed by atoms with Crippen molar-refractivity contribution in [2.24, 2.45) is 0 Å². The Bertz CT molecular complexity index is 933. The number of aryl methyl sites for hydroxylation is 2. The molecule has 0 aliphatic carbocycles. The standard InChI is InChI=1S/C16H17N5O3S/c1-4-10-5-11(25-9(10)3)16(23)24-8(2)15(22)21-14-12-13(18-6-17-12)19-7-20-14/h5-8H,4H2,1-3H3,(H2,17,18,19,20,21,22). The first-order valence-corrected chi connectivity index (χ1v) is 8.56. The van der Waals surface area contributed by atoms with Crippen molar-refractivity contribution in [2.75, 3.05) is 5.32 Å². The molecule has 0 radical (unpaired) electrons. The van der Waals surface area contributed by atoms with Gasteiger partial charge in [-0.3, -0.25) is 4.79 Å². The van der Waals surface area contributed by atoms with Crippen LogP contribution < -0.4 is 5.32 Å². The molecule has 130 valence electrons. The predicted octanol–water partition coefficient (Wildman–Crippen LogP) is 2.47. The Labute approximate surface area is 147 Å². The third kappa shape index (κ3) is 3.50. The number of amides is 1. The van der Waals surface area contributed by atoms with E-state index < -0.39 is 18.0 Å². The highest BCUT2D eigenvalue weighted by Gasteiger charge is 2.22. The van der Waals surface area contributed by atoms with E-state index in [0.717, 1.165) is 16.9 Å². The molecule has 25 heavy (non-hydrogen) atoms. The molecule has 0 aliphatic rings. The Morgan fingerprint density at radius 3 is 2.88 bits per heavy atom. The smallest absolute Gasteiger partial charge is 0.349 e. The average Bonchev–Trinajstić information content (AvgIpc) is 3.21. The molecule has 1 unspecified atom stereocenters. The van der Waals surface area contributed by atoms with E-state index in [2.05, 4.69) is 25.3 Å². The van der Waals surface area contributed by atoms with Crippen molar-refractivity contribution in [3.63, 3.8) is 0 Å². The lowest BCUT2D eigenvalue weighted by Crippen LogP contribution is -2.30. The van der Waals surface area contributed by atoms with Gasteiger partial charge in [0.15, 0.2) is 17.6 Å². The van der Waals surface area contributed by atoms with Crippen molar-refractivity contribution in [3.8, 4) is 0 Å². The second-order valence-electron chi connectivity index (χ2n) is 5.41. The van der Waals surface area contributed by atoms with E-state index in [0.29, 0.717) is 16.0 Å². The van der Waals surface area contributed by atoms with E-state index >= 15 is 0 Å². The molecule has 9 heteroatoms. The molecule has 0 saturated heterocycles. The zero-order valence-electron chi connectivity index (χ0n) is 14.0. The fourth-order valence-electron chi connectivity index (χ4n) is 2.32. The predicted molar refractivity (Wildman–Crippen MR) is 93.6 cm³/mol. The fourth-order valence-corrected chi connectivity index (χ4v) is 3.32. The van der Waals surface area contributed by atoms with Gasteiger partial charge < -0.3 is 15.0 Å². The molecule has 2 N–H and O–H groups in total. The van der Waals surface area contributed by atoms with Gasteiger partial charge in [-0.1, -0.05) is 6.92 Å². The summed E-state index contributed by atoms with van der Waals surface area (Å²) in [5.41, 5.74) is 2.06. The normalized spacial score (nSPS) is 12.1. The van der Waals surface area contributed by atoms with Crippen LogP contribution in [0.5, 0.6) is 0 Å². The molecule has 0 spiro atoms. The number of nitrogens with zero attached hydrogens (tertiary/aromatic N) is 3. The SMILES string of the molecule is CCc1cc(C(=O)OC(C)C(=O)Nc2ncnc3nc[nH]c23)sc1C. The van der Waals surface area contributed by atoms with Crippen molar-refractivity contribution < 1.29 is 14.3 Å². The lowest BCUT2D eigenvalue weighted by atomic mass is 10.2. The molecule has 1 atom stereocenters. The zero-order valence-corrected chi connectivity index (χ0v) is 14.8. The van der Waals surface area contributed by atoms with E-state index in [1.165, 1.54) is 30.9 Å². The Morgan fingerprint density at radius 1 is 1.36 bits per heavy atom. The van der Waals surface area contributed by atoms with E-state index in [-0.39, 0.29) is 5.82 Å². The second-order valence-corrected chi connectivity index (χ2v) is 6.66. The third-order valence-corrected chi connectivity index (χ3v) is 4.79. The molecular formula is C16H17N5O3S. The first kappa shape index (κ1) is 17.0. The van der Waals surface area contributed by atoms with Gasteiger partial charge in [0.25, 0.3) is 5.91 Å². The number of nitrogens with one attached hydrogen (secondary N) is 2. The molecule has 3 aromatic heterocycles. The number of imidazole rings is 1. The third-order valence-electron chi connectivity index (χ3n) is 3.72. The minimum atomic E-state index is -0.965. The lowest BCUT2D eigenvalue weighted by Gasteiger charge is -2.12. The largest absolute Gasteiger partial charge is 0.448 e. The second kappa shape index (κ2) is 6.98. The maximum Gasteiger partial charge on any atom is 0.349 e. The Morgan fingerprint density at radius 2 is 2.16 bits per heavy atom. The van der Waals surface area contributed by atoms with Crippen molar-refractivity contribution in [1.82, 2.24) is 19.9 Å². The minimum Gasteiger partial charge on any atom is -0.448 e. The Hall–Kier alpha value is -2.81. The van der Waals surface area contributed by atoms with Crippen molar-refractivity contribution in [3.05, 3.63) is 34.0 Å². The fraction of sp³-hybridized carbons (Fsp3) is 0.312. The van der Waals surface area contributed by atoms with Crippen LogP contribution in [0.25, 0.3) is 11.2 Å². The van der Waals surface area contributed by atoms with Gasteiger partial charge in [-0.2, -0.15) is 0 Å². The van der Waals surface area contributed by atoms with E-state index in [9.17, 15) is 9.59 Å². The summed E-state index contributed by atoms with van der Waals surface area (Å²) in [7, 11) is 0. The number of ether oxygens (including phenoxy) is 1. The number of rotatable bonds is 5. The number of H-pyrrole nitrogens is 1. The molecule has 0 bridgehead atoms. The maximum atomic E-state index is 12.3. The number of hydrogen-bond acceptors (Lipinski definition) is 7. The highest BCUT2D eigenvalue weighted by atomic mass is 32.1. The molecule has 8 nitrogen and oxygen atoms in total. The highest BCUT2D eigenvalue weighted by molar-refractivity contribution is 7.14. The van der Waals surface area contributed by atoms with Crippen LogP contribution in [0.3, 0.4) is 0 Å². The number of fused-ring (bicyclic) bond motifs is 1. The molecule has 3 rings (SSSR count). The summed E-state index contributed by atoms with van der Waals surface area (Å²) < 4.78 is 5.27. The number of carbonyl (C=O) groups excluding carboxylic acids is 2. The van der Waals surface area contributed by atoms with Gasteiger partial charge in [0.2, 0.25) is 0 Å². The van der Waals surface area contributed by atoms with Crippen LogP contribution in [0.15, 0.2) is 18.7 Å². The molecule has 1 amide bonds. The van der Waals surface area contributed by atoms with Gasteiger partial charge in [-0.25, -0.2) is 19.7 Å². The number of anilines is 1. The number of carbonyl (C=O) groups is 2. The Kier molecular flexibility index (Phi) is 4.75. The number of hydrogen-bond donors (Lipinski definition) is 2. The minimum absolute atomic E-state index is 0.288. The lowest BCUT2D eigenvalue weighted by molar-refractivity contribution is -0.123. The van der Waals surface area contributed by atoms with Gasteiger partial charge in [-0.05, 0) is 31.9 Å². The summed E-state index contributed by atoms with van der Waals surface area (Å²) >= 11 is 1.37. The van der Waals surface area contributed by atoms with E-state index in [1.807, 2.05) is 19.9 Å². The topological polar surface area (TPSA) is 110 Å². The van der Waals surface area contributed by atoms with Crippen molar-refractivity contribution in [2.45, 2.75) is 33.3 Å². The van der Waals surface area contributed by atoms with Gasteiger partial charge in [0.05, 0.1) is 6.33 Å². The van der Waals surface area contributed by atoms with Crippen molar-refractivity contribution in [1.29, 1.82) is 0 Å². The summed E-state index contributed by atoms with van der Waals surface area (Å²) in [5.74, 6) is -0.701. The summed E-state index contributed by atoms with van der Waals surface area (Å²) in [4.78, 5) is 40.9. The van der Waals surface area contributed by atoms with Crippen LogP contribution in [0.1, 0.15) is 34.0 Å². The van der Waals surface area contributed by atoms with Crippen LogP contribution in [0.2, 0.25) is 0 Å². The summed E-state index contributed by atoms with van der Waals surface area (Å²) in [6.07, 6.45) is 2.64. The van der Waals surface area contributed by atoms with Gasteiger partial charge in [0, 0.05) is 4.88 Å². The summed E-state index contributed by atoms with van der Waals surface area (Å²) in [6.45, 7) is 5.50. The molecule has 0 aliphatic heterocycles. The summed E-state index contributed by atoms with van der Waals surface area (Å²) in [5, 5.41) is 2.62. The van der Waals surface area contributed by atoms with Gasteiger partial charge in [0.1, 0.15) is 16.7 Å². The van der Waals surface area contributed by atoms with Crippen LogP contribution in [-0.4, -0.2) is 37.9 Å².